The molecule has 0 aliphatic rings. The highest BCUT2D eigenvalue weighted by molar-refractivity contribution is 6.46. The van der Waals surface area contributed by atoms with E-state index in [9.17, 15) is 0 Å². The van der Waals surface area contributed by atoms with Crippen LogP contribution in [0.5, 0.6) is 5.75 Å². The van der Waals surface area contributed by atoms with Gasteiger partial charge >= 0.3 is 0 Å². The Balaban J connectivity index is 3.16. The smallest absolute Gasteiger partial charge is 0.159 e. The van der Waals surface area contributed by atoms with Crippen LogP contribution < -0.4 is 4.74 Å². The molecule has 0 spiro atoms. The van der Waals surface area contributed by atoms with Gasteiger partial charge in [0, 0.05) is 0 Å². The summed E-state index contributed by atoms with van der Waals surface area (Å²) in [7, 11) is 0. The van der Waals surface area contributed by atoms with Crippen molar-refractivity contribution in [3.8, 4) is 17.9 Å². The summed E-state index contributed by atoms with van der Waals surface area (Å²) in [6.45, 7) is 2.51. The van der Waals surface area contributed by atoms with Crippen molar-refractivity contribution >= 4 is 34.8 Å². The zero-order chi connectivity index (χ0) is 14.4. The van der Waals surface area contributed by atoms with Crippen molar-refractivity contribution in [2.75, 3.05) is 6.61 Å². The highest BCUT2D eigenvalue weighted by Gasteiger charge is 2.22. The molecular formula is C13H11Cl3N2O. The van der Waals surface area contributed by atoms with E-state index < -0.39 is 0 Å². The molecule has 0 heterocycles. The Kier molecular flexibility index (Phi) is 6.25. The van der Waals surface area contributed by atoms with E-state index in [0.29, 0.717) is 6.61 Å². The Bertz CT molecular complexity index is 559. The van der Waals surface area contributed by atoms with Gasteiger partial charge in [0.25, 0.3) is 0 Å². The van der Waals surface area contributed by atoms with Crippen LogP contribution in [-0.2, 0) is 0 Å². The van der Waals surface area contributed by atoms with Gasteiger partial charge in [-0.2, -0.15) is 10.5 Å². The summed E-state index contributed by atoms with van der Waals surface area (Å²) in [5, 5.41) is 18.1. The van der Waals surface area contributed by atoms with Crippen molar-refractivity contribution in [3.63, 3.8) is 0 Å². The van der Waals surface area contributed by atoms with E-state index in [1.165, 1.54) is 0 Å². The Labute approximate surface area is 127 Å². The second kappa shape index (κ2) is 7.46. The Hall–Kier alpha value is -1.13. The molecule has 0 bridgehead atoms. The second-order valence-electron chi connectivity index (χ2n) is 3.80. The molecule has 0 aromatic heterocycles. The van der Waals surface area contributed by atoms with Crippen LogP contribution in [0.4, 0.5) is 0 Å². The lowest BCUT2D eigenvalue weighted by molar-refractivity contribution is 0.306. The molecule has 0 aliphatic heterocycles. The fourth-order valence-electron chi connectivity index (χ4n) is 1.50. The quantitative estimate of drug-likeness (QED) is 0.569. The van der Waals surface area contributed by atoms with Crippen LogP contribution in [0.2, 0.25) is 15.1 Å². The van der Waals surface area contributed by atoms with E-state index in [1.54, 1.807) is 0 Å². The Morgan fingerprint density at radius 3 is 2.05 bits per heavy atom. The normalized spacial score (nSPS) is 9.79. The van der Waals surface area contributed by atoms with Crippen LogP contribution in [0.15, 0.2) is 0 Å². The van der Waals surface area contributed by atoms with Crippen LogP contribution in [0.1, 0.15) is 37.3 Å². The summed E-state index contributed by atoms with van der Waals surface area (Å²) >= 11 is 18.0. The SMILES string of the molecule is CCCCCOc1c(Cl)c(Cl)c(C#N)c(C#N)c1Cl. The van der Waals surface area contributed by atoms with Gasteiger partial charge in [0.05, 0.1) is 22.8 Å². The summed E-state index contributed by atoms with van der Waals surface area (Å²) in [5.41, 5.74) is -0.0378. The first-order chi connectivity index (χ1) is 9.08. The standard InChI is InChI=1S/C13H11Cl3N2O/c1-2-3-4-5-19-13-11(15)9(7-18)8(6-17)10(14)12(13)16/h2-5H2,1H3. The number of unbranched alkanes of at least 4 members (excludes halogenated alkanes) is 2. The molecule has 0 N–H and O–H groups in total. The predicted molar refractivity (Wildman–Crippen MR) is 75.9 cm³/mol. The number of ether oxygens (including phenoxy) is 1. The third-order valence-electron chi connectivity index (χ3n) is 2.50. The van der Waals surface area contributed by atoms with Crippen molar-refractivity contribution in [2.24, 2.45) is 0 Å². The number of hydrogen-bond acceptors (Lipinski definition) is 3. The molecular weight excluding hydrogens is 307 g/mol. The van der Waals surface area contributed by atoms with Crippen molar-refractivity contribution < 1.29 is 4.74 Å². The monoisotopic (exact) mass is 316 g/mol. The van der Waals surface area contributed by atoms with Crippen molar-refractivity contribution in [1.29, 1.82) is 10.5 Å². The fraction of sp³-hybridized carbons (Fsp3) is 0.385. The first kappa shape index (κ1) is 15.9. The van der Waals surface area contributed by atoms with E-state index in [2.05, 4.69) is 6.92 Å². The molecule has 100 valence electrons. The van der Waals surface area contributed by atoms with Gasteiger partial charge in [-0.15, -0.1) is 0 Å². The molecule has 1 rings (SSSR count). The van der Waals surface area contributed by atoms with E-state index in [0.717, 1.165) is 19.3 Å². The minimum absolute atomic E-state index is 0.00407. The molecule has 0 amide bonds. The molecule has 0 aliphatic carbocycles. The second-order valence-corrected chi connectivity index (χ2v) is 4.93. The zero-order valence-corrected chi connectivity index (χ0v) is 12.5. The number of halogens is 3. The van der Waals surface area contributed by atoms with Crippen molar-refractivity contribution in [1.82, 2.24) is 0 Å². The molecule has 6 heteroatoms. The Morgan fingerprint density at radius 1 is 0.947 bits per heavy atom. The number of rotatable bonds is 5. The van der Waals surface area contributed by atoms with Gasteiger partial charge in [-0.3, -0.25) is 0 Å². The molecule has 3 nitrogen and oxygen atoms in total. The average molecular weight is 318 g/mol. The van der Waals surface area contributed by atoms with Gasteiger partial charge in [-0.25, -0.2) is 0 Å². The van der Waals surface area contributed by atoms with Crippen LogP contribution in [-0.4, -0.2) is 6.61 Å². The first-order valence-corrected chi connectivity index (χ1v) is 6.85. The average Bonchev–Trinajstić information content (AvgIpc) is 2.41. The molecule has 1 aromatic rings. The minimum Gasteiger partial charge on any atom is -0.490 e. The summed E-state index contributed by atoms with van der Waals surface area (Å²) in [6, 6.07) is 3.67. The molecule has 0 atom stereocenters. The number of hydrogen-bond donors (Lipinski definition) is 0. The van der Waals surface area contributed by atoms with E-state index >= 15 is 0 Å². The van der Waals surface area contributed by atoms with Gasteiger partial charge in [0.1, 0.15) is 22.2 Å². The van der Waals surface area contributed by atoms with Gasteiger partial charge in [0.2, 0.25) is 0 Å². The van der Waals surface area contributed by atoms with E-state index in [1.807, 2.05) is 12.1 Å². The van der Waals surface area contributed by atoms with E-state index in [4.69, 9.17) is 50.1 Å². The molecule has 0 saturated heterocycles. The topological polar surface area (TPSA) is 56.8 Å². The van der Waals surface area contributed by atoms with Gasteiger partial charge in [-0.1, -0.05) is 54.6 Å². The number of nitrogens with zero attached hydrogens (tertiary/aromatic N) is 2. The maximum Gasteiger partial charge on any atom is 0.159 e. The summed E-state index contributed by atoms with van der Waals surface area (Å²) < 4.78 is 5.48. The number of nitriles is 2. The largest absolute Gasteiger partial charge is 0.490 e. The molecule has 1 aromatic carbocycles. The fourth-order valence-corrected chi connectivity index (χ4v) is 2.30. The molecule has 19 heavy (non-hydrogen) atoms. The van der Waals surface area contributed by atoms with E-state index in [-0.39, 0.29) is 31.9 Å². The highest BCUT2D eigenvalue weighted by atomic mass is 35.5. The van der Waals surface area contributed by atoms with Gasteiger partial charge in [0.15, 0.2) is 5.75 Å². The van der Waals surface area contributed by atoms with Crippen molar-refractivity contribution in [2.45, 2.75) is 26.2 Å². The minimum atomic E-state index is -0.0277. The maximum absolute atomic E-state index is 9.04. The third kappa shape index (κ3) is 3.45. The molecule has 0 unspecified atom stereocenters. The van der Waals surface area contributed by atoms with Crippen LogP contribution in [0, 0.1) is 22.7 Å². The lowest BCUT2D eigenvalue weighted by Crippen LogP contribution is -2.01. The lowest BCUT2D eigenvalue weighted by atomic mass is 10.1. The zero-order valence-electron chi connectivity index (χ0n) is 10.3. The van der Waals surface area contributed by atoms with Crippen LogP contribution in [0.25, 0.3) is 0 Å². The van der Waals surface area contributed by atoms with Crippen LogP contribution >= 0.6 is 34.8 Å². The Morgan fingerprint density at radius 2 is 1.53 bits per heavy atom. The van der Waals surface area contributed by atoms with Gasteiger partial charge < -0.3 is 4.74 Å². The molecule has 0 fully saturated rings. The highest BCUT2D eigenvalue weighted by Crippen LogP contribution is 2.43. The molecule has 0 saturated carbocycles. The third-order valence-corrected chi connectivity index (χ3v) is 3.69. The first-order valence-electron chi connectivity index (χ1n) is 5.71. The van der Waals surface area contributed by atoms with Gasteiger partial charge in [-0.05, 0) is 6.42 Å². The summed E-state index contributed by atoms with van der Waals surface area (Å²) in [6.07, 6.45) is 2.93. The van der Waals surface area contributed by atoms with Crippen molar-refractivity contribution in [3.05, 3.63) is 26.2 Å². The van der Waals surface area contributed by atoms with Crippen LogP contribution in [0.3, 0.4) is 0 Å². The maximum atomic E-state index is 9.04. The number of benzene rings is 1. The molecule has 0 radical (unpaired) electrons. The summed E-state index contributed by atoms with van der Waals surface area (Å²) in [4.78, 5) is 0. The predicted octanol–water partition coefficient (Wildman–Crippen LogP) is 4.96. The summed E-state index contributed by atoms with van der Waals surface area (Å²) in [5.74, 6) is 0.167. The lowest BCUT2D eigenvalue weighted by Gasteiger charge is -2.13.